The maximum absolute atomic E-state index is 13.6. The summed E-state index contributed by atoms with van der Waals surface area (Å²) < 4.78 is 13.6. The molecule has 1 aliphatic heterocycles. The molecule has 2 aromatic rings. The highest BCUT2D eigenvalue weighted by molar-refractivity contribution is 5.92. The Morgan fingerprint density at radius 3 is 2.80 bits per heavy atom. The molecule has 0 atom stereocenters. The fraction of sp³-hybridized carbons (Fsp3) is 0.438. The van der Waals surface area contributed by atoms with Crippen molar-refractivity contribution in [2.24, 2.45) is 0 Å². The van der Waals surface area contributed by atoms with Crippen LogP contribution in [-0.2, 0) is 6.42 Å². The van der Waals surface area contributed by atoms with E-state index in [1.165, 1.54) is 6.07 Å². The van der Waals surface area contributed by atoms with E-state index in [2.05, 4.69) is 28.2 Å². The highest BCUT2D eigenvalue weighted by atomic mass is 19.1. The van der Waals surface area contributed by atoms with Crippen molar-refractivity contribution in [1.29, 1.82) is 0 Å². The Bertz CT molecular complexity index is 606. The molecular formula is C16H20FN3. The summed E-state index contributed by atoms with van der Waals surface area (Å²) in [5, 5.41) is 4.28. The lowest BCUT2D eigenvalue weighted by Gasteiger charge is -2.30. The van der Waals surface area contributed by atoms with Crippen molar-refractivity contribution in [1.82, 2.24) is 10.3 Å². The van der Waals surface area contributed by atoms with Gasteiger partial charge in [-0.05, 0) is 30.7 Å². The average Bonchev–Trinajstić information content (AvgIpc) is 2.48. The summed E-state index contributed by atoms with van der Waals surface area (Å²) >= 11 is 0. The Labute approximate surface area is 118 Å². The molecule has 0 radical (unpaired) electrons. The summed E-state index contributed by atoms with van der Waals surface area (Å²) in [7, 11) is 0. The van der Waals surface area contributed by atoms with Crippen LogP contribution in [0, 0.1) is 5.82 Å². The number of anilines is 1. The van der Waals surface area contributed by atoms with E-state index in [9.17, 15) is 4.39 Å². The predicted octanol–water partition coefficient (Wildman–Crippen LogP) is 2.74. The normalized spacial score (nSPS) is 15.8. The Kier molecular flexibility index (Phi) is 3.83. The number of aryl methyl sites for hydroxylation is 1. The van der Waals surface area contributed by atoms with Gasteiger partial charge in [-0.1, -0.05) is 13.3 Å². The maximum Gasteiger partial charge on any atom is 0.124 e. The van der Waals surface area contributed by atoms with Gasteiger partial charge in [0.05, 0.1) is 5.52 Å². The third-order valence-corrected chi connectivity index (χ3v) is 3.77. The molecule has 0 bridgehead atoms. The van der Waals surface area contributed by atoms with E-state index in [4.69, 9.17) is 0 Å². The maximum atomic E-state index is 13.6. The second-order valence-electron chi connectivity index (χ2n) is 5.28. The molecule has 1 N–H and O–H groups in total. The van der Waals surface area contributed by atoms with Crippen molar-refractivity contribution >= 4 is 16.6 Å². The molecule has 1 aromatic heterocycles. The smallest absolute Gasteiger partial charge is 0.124 e. The molecule has 1 aliphatic rings. The van der Waals surface area contributed by atoms with Gasteiger partial charge in [0.25, 0.3) is 0 Å². The average molecular weight is 273 g/mol. The van der Waals surface area contributed by atoms with Crippen LogP contribution in [0.2, 0.25) is 0 Å². The summed E-state index contributed by atoms with van der Waals surface area (Å²) in [4.78, 5) is 6.99. The molecule has 0 aliphatic carbocycles. The van der Waals surface area contributed by atoms with Gasteiger partial charge in [0.1, 0.15) is 5.82 Å². The van der Waals surface area contributed by atoms with Crippen LogP contribution in [0.5, 0.6) is 0 Å². The minimum absolute atomic E-state index is 0.195. The molecular weight excluding hydrogens is 253 g/mol. The molecule has 0 spiro atoms. The molecule has 0 saturated carbocycles. The van der Waals surface area contributed by atoms with Crippen molar-refractivity contribution in [3.05, 3.63) is 35.8 Å². The molecule has 0 amide bonds. The monoisotopic (exact) mass is 273 g/mol. The molecule has 2 heterocycles. The van der Waals surface area contributed by atoms with Crippen molar-refractivity contribution in [3.8, 4) is 0 Å². The summed E-state index contributed by atoms with van der Waals surface area (Å²) in [5.41, 5.74) is 3.12. The Morgan fingerprint density at radius 2 is 2.05 bits per heavy atom. The molecule has 3 nitrogen and oxygen atoms in total. The fourth-order valence-corrected chi connectivity index (χ4v) is 2.79. The van der Waals surface area contributed by atoms with E-state index in [1.54, 1.807) is 12.1 Å². The quantitative estimate of drug-likeness (QED) is 0.932. The van der Waals surface area contributed by atoms with Crippen LogP contribution >= 0.6 is 0 Å². The lowest BCUT2D eigenvalue weighted by atomic mass is 10.1. The number of hydrogen-bond acceptors (Lipinski definition) is 3. The number of fused-ring (bicyclic) bond motifs is 1. The molecule has 106 valence electrons. The van der Waals surface area contributed by atoms with E-state index in [0.29, 0.717) is 0 Å². The van der Waals surface area contributed by atoms with Gasteiger partial charge in [-0.2, -0.15) is 0 Å². The van der Waals surface area contributed by atoms with E-state index in [-0.39, 0.29) is 5.82 Å². The number of aromatic nitrogens is 1. The van der Waals surface area contributed by atoms with Gasteiger partial charge in [-0.3, -0.25) is 4.98 Å². The molecule has 20 heavy (non-hydrogen) atoms. The standard InChI is InChI=1S/C16H20FN3/c1-2-3-13-11-16(20-8-6-18-7-9-20)14-10-12(17)4-5-15(14)19-13/h4-5,10-11,18H,2-3,6-9H2,1H3. The van der Waals surface area contributed by atoms with Crippen LogP contribution < -0.4 is 10.2 Å². The van der Waals surface area contributed by atoms with Crippen molar-refractivity contribution in [2.75, 3.05) is 31.1 Å². The fourth-order valence-electron chi connectivity index (χ4n) is 2.79. The molecule has 4 heteroatoms. The van der Waals surface area contributed by atoms with E-state index in [0.717, 1.165) is 61.3 Å². The minimum atomic E-state index is -0.195. The Hall–Kier alpha value is -1.68. The van der Waals surface area contributed by atoms with Gasteiger partial charge < -0.3 is 10.2 Å². The van der Waals surface area contributed by atoms with E-state index in [1.807, 2.05) is 0 Å². The first-order chi connectivity index (χ1) is 9.78. The van der Waals surface area contributed by atoms with Gasteiger partial charge in [0.2, 0.25) is 0 Å². The van der Waals surface area contributed by atoms with Gasteiger partial charge in [-0.15, -0.1) is 0 Å². The highest BCUT2D eigenvalue weighted by Gasteiger charge is 2.15. The third kappa shape index (κ3) is 2.61. The van der Waals surface area contributed by atoms with Gasteiger partial charge in [-0.25, -0.2) is 4.39 Å². The zero-order valence-electron chi connectivity index (χ0n) is 11.8. The number of nitrogens with zero attached hydrogens (tertiary/aromatic N) is 2. The zero-order valence-corrected chi connectivity index (χ0v) is 11.8. The number of piperazine rings is 1. The summed E-state index contributed by atoms with van der Waals surface area (Å²) in [6.45, 7) is 6.02. The first-order valence-corrected chi connectivity index (χ1v) is 7.33. The number of nitrogens with one attached hydrogen (secondary N) is 1. The van der Waals surface area contributed by atoms with Crippen molar-refractivity contribution in [2.45, 2.75) is 19.8 Å². The lowest BCUT2D eigenvalue weighted by Crippen LogP contribution is -2.43. The van der Waals surface area contributed by atoms with Crippen molar-refractivity contribution in [3.63, 3.8) is 0 Å². The molecule has 1 aromatic carbocycles. The van der Waals surface area contributed by atoms with Crippen LogP contribution in [-0.4, -0.2) is 31.2 Å². The molecule has 0 unspecified atom stereocenters. The van der Waals surface area contributed by atoms with Gasteiger partial charge in [0.15, 0.2) is 0 Å². The SMILES string of the molecule is CCCc1cc(N2CCNCC2)c2cc(F)ccc2n1. The first-order valence-electron chi connectivity index (χ1n) is 7.33. The van der Waals surface area contributed by atoms with E-state index >= 15 is 0 Å². The van der Waals surface area contributed by atoms with Gasteiger partial charge >= 0.3 is 0 Å². The Balaban J connectivity index is 2.12. The Morgan fingerprint density at radius 1 is 1.25 bits per heavy atom. The molecule has 1 saturated heterocycles. The van der Waals surface area contributed by atoms with Crippen LogP contribution in [0.25, 0.3) is 10.9 Å². The minimum Gasteiger partial charge on any atom is -0.368 e. The summed E-state index contributed by atoms with van der Waals surface area (Å²) in [6.07, 6.45) is 2.03. The summed E-state index contributed by atoms with van der Waals surface area (Å²) in [6, 6.07) is 7.02. The van der Waals surface area contributed by atoms with Crippen molar-refractivity contribution < 1.29 is 4.39 Å². The topological polar surface area (TPSA) is 28.2 Å². The predicted molar refractivity (Wildman–Crippen MR) is 80.8 cm³/mol. The van der Waals surface area contributed by atoms with Crippen LogP contribution in [0.15, 0.2) is 24.3 Å². The van der Waals surface area contributed by atoms with Crippen LogP contribution in [0.3, 0.4) is 0 Å². The highest BCUT2D eigenvalue weighted by Crippen LogP contribution is 2.28. The number of hydrogen-bond donors (Lipinski definition) is 1. The largest absolute Gasteiger partial charge is 0.368 e. The van der Waals surface area contributed by atoms with E-state index < -0.39 is 0 Å². The first kappa shape index (κ1) is 13.3. The second kappa shape index (κ2) is 5.75. The number of benzene rings is 1. The number of halogens is 1. The molecule has 3 rings (SSSR count). The third-order valence-electron chi connectivity index (χ3n) is 3.77. The second-order valence-corrected chi connectivity index (χ2v) is 5.28. The lowest BCUT2D eigenvalue weighted by molar-refractivity contribution is 0.589. The van der Waals surface area contributed by atoms with Crippen LogP contribution in [0.4, 0.5) is 10.1 Å². The molecule has 1 fully saturated rings. The van der Waals surface area contributed by atoms with Gasteiger partial charge in [0, 0.05) is 42.9 Å². The summed E-state index contributed by atoms with van der Waals surface area (Å²) in [5.74, 6) is -0.195. The number of pyridine rings is 1. The number of rotatable bonds is 3. The zero-order chi connectivity index (χ0) is 13.9. The van der Waals surface area contributed by atoms with Crippen LogP contribution in [0.1, 0.15) is 19.0 Å².